The largest absolute Gasteiger partial charge is 0.508 e. The van der Waals surface area contributed by atoms with Crippen molar-refractivity contribution in [1.29, 1.82) is 0 Å². The highest BCUT2D eigenvalue weighted by Crippen LogP contribution is 2.33. The Morgan fingerprint density at radius 3 is 2.40 bits per heavy atom. The summed E-state index contributed by atoms with van der Waals surface area (Å²) < 4.78 is 1.21. The summed E-state index contributed by atoms with van der Waals surface area (Å²) in [6.45, 7) is 5.45. The Labute approximate surface area is 181 Å². The van der Waals surface area contributed by atoms with Crippen molar-refractivity contribution >= 4 is 27.2 Å². The van der Waals surface area contributed by atoms with Crippen LogP contribution < -0.4 is 4.90 Å². The second-order valence-corrected chi connectivity index (χ2v) is 8.81. The van der Waals surface area contributed by atoms with Gasteiger partial charge in [0, 0.05) is 44.0 Å². The van der Waals surface area contributed by atoms with E-state index in [0.29, 0.717) is 0 Å². The molecule has 1 aliphatic rings. The summed E-state index contributed by atoms with van der Waals surface area (Å²) in [6, 6.07) is 24.6. The van der Waals surface area contributed by atoms with Crippen LogP contribution in [0.15, 0.2) is 72.8 Å². The molecule has 1 saturated heterocycles. The fourth-order valence-corrected chi connectivity index (χ4v) is 5.00. The lowest BCUT2D eigenvalue weighted by molar-refractivity contribution is 0.261. The first-order valence-corrected chi connectivity index (χ1v) is 11.3. The summed E-state index contributed by atoms with van der Waals surface area (Å²) >= 11 is 1.71. The van der Waals surface area contributed by atoms with Crippen LogP contribution in [0.5, 0.6) is 5.75 Å². The Balaban J connectivity index is 1.24. The first kappa shape index (κ1) is 19.1. The molecule has 4 nitrogen and oxygen atoms in total. The molecule has 0 atom stereocenters. The highest BCUT2D eigenvalue weighted by molar-refractivity contribution is 7.21. The molecule has 30 heavy (non-hydrogen) atoms. The summed E-state index contributed by atoms with van der Waals surface area (Å²) in [5, 5.41) is 10.5. The van der Waals surface area contributed by atoms with Gasteiger partial charge in [0.25, 0.3) is 0 Å². The predicted octanol–water partition coefficient (Wildman–Crippen LogP) is 5.03. The number of fused-ring (bicyclic) bond motifs is 1. The number of aromatic nitrogens is 1. The zero-order chi connectivity index (χ0) is 20.3. The van der Waals surface area contributed by atoms with Gasteiger partial charge in [0.15, 0.2) is 0 Å². The van der Waals surface area contributed by atoms with E-state index in [4.69, 9.17) is 4.98 Å². The molecule has 0 radical (unpaired) electrons. The smallest absolute Gasteiger partial charge is 0.124 e. The molecule has 0 spiro atoms. The lowest BCUT2D eigenvalue weighted by Crippen LogP contribution is -2.46. The van der Waals surface area contributed by atoms with Gasteiger partial charge in [-0.2, -0.15) is 0 Å². The van der Waals surface area contributed by atoms with E-state index in [-0.39, 0.29) is 5.75 Å². The third-order valence-corrected chi connectivity index (χ3v) is 6.85. The standard InChI is InChI=1S/C25H25N3OS/c29-22-9-6-20(7-10-22)25-26-23-11-8-21(18-24(23)30-25)28-16-14-27(15-17-28)13-12-19-4-2-1-3-5-19/h1-11,18,29H,12-17H2. The van der Waals surface area contributed by atoms with Gasteiger partial charge < -0.3 is 10.0 Å². The monoisotopic (exact) mass is 415 g/mol. The minimum Gasteiger partial charge on any atom is -0.508 e. The van der Waals surface area contributed by atoms with Gasteiger partial charge in [0.1, 0.15) is 10.8 Å². The van der Waals surface area contributed by atoms with Gasteiger partial charge in [-0.15, -0.1) is 11.3 Å². The zero-order valence-electron chi connectivity index (χ0n) is 16.9. The van der Waals surface area contributed by atoms with E-state index in [1.807, 2.05) is 12.1 Å². The fraction of sp³-hybridized carbons (Fsp3) is 0.240. The summed E-state index contributed by atoms with van der Waals surface area (Å²) in [5.41, 5.74) is 4.78. The lowest BCUT2D eigenvalue weighted by Gasteiger charge is -2.36. The summed E-state index contributed by atoms with van der Waals surface area (Å²) in [6.07, 6.45) is 1.12. The molecular formula is C25H25N3OS. The molecule has 3 aromatic carbocycles. The van der Waals surface area contributed by atoms with Gasteiger partial charge in [-0.1, -0.05) is 30.3 Å². The van der Waals surface area contributed by atoms with Crippen molar-refractivity contribution in [3.8, 4) is 16.3 Å². The number of piperazine rings is 1. The Bertz CT molecular complexity index is 1120. The van der Waals surface area contributed by atoms with Crippen molar-refractivity contribution in [2.75, 3.05) is 37.6 Å². The molecule has 0 amide bonds. The molecule has 1 aliphatic heterocycles. The molecule has 4 aromatic rings. The van der Waals surface area contributed by atoms with E-state index >= 15 is 0 Å². The Kier molecular flexibility index (Phi) is 5.39. The minimum absolute atomic E-state index is 0.282. The average Bonchev–Trinajstić information content (AvgIpc) is 3.23. The van der Waals surface area contributed by atoms with Crippen LogP contribution in [0.2, 0.25) is 0 Å². The Morgan fingerprint density at radius 2 is 1.63 bits per heavy atom. The molecule has 5 rings (SSSR count). The maximum absolute atomic E-state index is 9.51. The third kappa shape index (κ3) is 4.18. The normalized spacial score (nSPS) is 15.0. The zero-order valence-corrected chi connectivity index (χ0v) is 17.7. The van der Waals surface area contributed by atoms with Gasteiger partial charge in [0.2, 0.25) is 0 Å². The third-order valence-electron chi connectivity index (χ3n) is 5.78. The SMILES string of the molecule is Oc1ccc(-c2nc3ccc(N4CCN(CCc5ccccc5)CC4)cc3s2)cc1. The van der Waals surface area contributed by atoms with Crippen molar-refractivity contribution < 1.29 is 5.11 Å². The summed E-state index contributed by atoms with van der Waals surface area (Å²) in [5.74, 6) is 0.282. The molecule has 1 aromatic heterocycles. The molecule has 0 bridgehead atoms. The van der Waals surface area contributed by atoms with Crippen LogP contribution in [0.25, 0.3) is 20.8 Å². The molecule has 1 N–H and O–H groups in total. The maximum atomic E-state index is 9.51. The van der Waals surface area contributed by atoms with E-state index in [1.54, 1.807) is 23.5 Å². The van der Waals surface area contributed by atoms with Gasteiger partial charge in [0.05, 0.1) is 10.2 Å². The average molecular weight is 416 g/mol. The number of nitrogens with zero attached hydrogens (tertiary/aromatic N) is 3. The highest BCUT2D eigenvalue weighted by atomic mass is 32.1. The van der Waals surface area contributed by atoms with Crippen LogP contribution >= 0.6 is 11.3 Å². The highest BCUT2D eigenvalue weighted by Gasteiger charge is 2.18. The van der Waals surface area contributed by atoms with Crippen molar-refractivity contribution in [3.63, 3.8) is 0 Å². The van der Waals surface area contributed by atoms with E-state index in [0.717, 1.165) is 55.2 Å². The fourth-order valence-electron chi connectivity index (χ4n) is 4.00. The number of thiazole rings is 1. The number of rotatable bonds is 5. The van der Waals surface area contributed by atoms with Crippen LogP contribution in [-0.4, -0.2) is 47.7 Å². The second kappa shape index (κ2) is 8.46. The van der Waals surface area contributed by atoms with Crippen LogP contribution in [0.3, 0.4) is 0 Å². The van der Waals surface area contributed by atoms with Crippen LogP contribution in [0.1, 0.15) is 5.56 Å². The molecule has 0 saturated carbocycles. The van der Waals surface area contributed by atoms with E-state index in [2.05, 4.69) is 58.3 Å². The topological polar surface area (TPSA) is 39.6 Å². The number of aromatic hydroxyl groups is 1. The van der Waals surface area contributed by atoms with Crippen LogP contribution in [0, 0.1) is 0 Å². The first-order valence-electron chi connectivity index (χ1n) is 10.5. The van der Waals surface area contributed by atoms with E-state index in [9.17, 15) is 5.11 Å². The van der Waals surface area contributed by atoms with Crippen molar-refractivity contribution in [2.24, 2.45) is 0 Å². The summed E-state index contributed by atoms with van der Waals surface area (Å²) in [4.78, 5) is 9.83. The van der Waals surface area contributed by atoms with Crippen LogP contribution in [0.4, 0.5) is 5.69 Å². The van der Waals surface area contributed by atoms with Gasteiger partial charge in [-0.25, -0.2) is 4.98 Å². The molecule has 152 valence electrons. The molecule has 0 aliphatic carbocycles. The van der Waals surface area contributed by atoms with Crippen molar-refractivity contribution in [2.45, 2.75) is 6.42 Å². The molecule has 2 heterocycles. The first-order chi connectivity index (χ1) is 14.7. The molecular weight excluding hydrogens is 390 g/mol. The van der Waals surface area contributed by atoms with Crippen molar-refractivity contribution in [1.82, 2.24) is 9.88 Å². The Morgan fingerprint density at radius 1 is 0.867 bits per heavy atom. The van der Waals surface area contributed by atoms with E-state index in [1.165, 1.54) is 16.0 Å². The molecule has 5 heteroatoms. The number of hydrogen-bond donors (Lipinski definition) is 1. The Hall–Kier alpha value is -2.89. The predicted molar refractivity (Wildman–Crippen MR) is 126 cm³/mol. The molecule has 1 fully saturated rings. The lowest BCUT2D eigenvalue weighted by atomic mass is 10.1. The quantitative estimate of drug-likeness (QED) is 0.496. The van der Waals surface area contributed by atoms with Gasteiger partial charge in [-0.05, 0) is 54.4 Å². The number of hydrogen-bond acceptors (Lipinski definition) is 5. The van der Waals surface area contributed by atoms with E-state index < -0.39 is 0 Å². The number of phenols is 1. The van der Waals surface area contributed by atoms with Gasteiger partial charge >= 0.3 is 0 Å². The number of anilines is 1. The number of phenolic OH excluding ortho intramolecular Hbond substituents is 1. The minimum atomic E-state index is 0.282. The summed E-state index contributed by atoms with van der Waals surface area (Å²) in [7, 11) is 0. The van der Waals surface area contributed by atoms with Crippen molar-refractivity contribution in [3.05, 3.63) is 78.4 Å². The number of benzene rings is 3. The van der Waals surface area contributed by atoms with Gasteiger partial charge in [-0.3, -0.25) is 4.90 Å². The van der Waals surface area contributed by atoms with Crippen LogP contribution in [-0.2, 0) is 6.42 Å². The maximum Gasteiger partial charge on any atom is 0.124 e. The second-order valence-electron chi connectivity index (χ2n) is 7.78. The molecule has 0 unspecified atom stereocenters.